The molecule has 6 nitrogen and oxygen atoms in total. The lowest BCUT2D eigenvalue weighted by Gasteiger charge is -2.35. The molecule has 2 aliphatic rings. The quantitative estimate of drug-likeness (QED) is 0.361. The van der Waals surface area contributed by atoms with Crippen molar-refractivity contribution in [3.63, 3.8) is 0 Å². The normalized spacial score (nSPS) is 18.2. The summed E-state index contributed by atoms with van der Waals surface area (Å²) in [5.74, 6) is 0.822. The molecular weight excluding hydrogens is 477 g/mol. The molecule has 1 fully saturated rings. The SMILES string of the molecule is CCNC(=NCC(=O)N1CCCc2ccccc21)NC1CCN(C(C)C)CC1.I. The molecule has 1 aromatic rings. The van der Waals surface area contributed by atoms with Gasteiger partial charge < -0.3 is 20.4 Å². The number of amides is 1. The molecule has 2 heterocycles. The molecule has 2 N–H and O–H groups in total. The highest BCUT2D eigenvalue weighted by Crippen LogP contribution is 2.26. The van der Waals surface area contributed by atoms with Gasteiger partial charge in [0.1, 0.15) is 6.54 Å². The molecular formula is C22H36IN5O. The fraction of sp³-hybridized carbons (Fsp3) is 0.636. The van der Waals surface area contributed by atoms with Crippen LogP contribution in [0.4, 0.5) is 5.69 Å². The lowest BCUT2D eigenvalue weighted by molar-refractivity contribution is -0.117. The molecule has 1 saturated heterocycles. The van der Waals surface area contributed by atoms with Crippen LogP contribution in [0.15, 0.2) is 29.3 Å². The third-order valence-corrected chi connectivity index (χ3v) is 5.73. The van der Waals surface area contributed by atoms with Crippen LogP contribution in [0.1, 0.15) is 45.6 Å². The van der Waals surface area contributed by atoms with E-state index in [9.17, 15) is 4.79 Å². The number of fused-ring (bicyclic) bond motifs is 1. The molecule has 1 aromatic carbocycles. The second-order valence-corrected chi connectivity index (χ2v) is 8.02. The summed E-state index contributed by atoms with van der Waals surface area (Å²) < 4.78 is 0. The Morgan fingerprint density at radius 2 is 1.93 bits per heavy atom. The van der Waals surface area contributed by atoms with Crippen LogP contribution in [-0.2, 0) is 11.2 Å². The molecule has 162 valence electrons. The number of carbonyl (C=O) groups excluding carboxylic acids is 1. The maximum Gasteiger partial charge on any atom is 0.248 e. The van der Waals surface area contributed by atoms with Gasteiger partial charge in [-0.05, 0) is 58.1 Å². The highest BCUT2D eigenvalue weighted by atomic mass is 127. The van der Waals surface area contributed by atoms with Crippen molar-refractivity contribution in [3.8, 4) is 0 Å². The number of carbonyl (C=O) groups is 1. The predicted octanol–water partition coefficient (Wildman–Crippen LogP) is 3.01. The smallest absolute Gasteiger partial charge is 0.248 e. The first-order valence-corrected chi connectivity index (χ1v) is 10.8. The first kappa shape index (κ1) is 23.9. The Morgan fingerprint density at radius 3 is 2.62 bits per heavy atom. The van der Waals surface area contributed by atoms with Crippen LogP contribution >= 0.6 is 24.0 Å². The zero-order chi connectivity index (χ0) is 19.9. The maximum absolute atomic E-state index is 12.8. The van der Waals surface area contributed by atoms with Gasteiger partial charge in [-0.2, -0.15) is 0 Å². The molecule has 0 atom stereocenters. The fourth-order valence-corrected chi connectivity index (χ4v) is 4.10. The minimum atomic E-state index is 0. The molecule has 1 amide bonds. The number of piperidine rings is 1. The predicted molar refractivity (Wildman–Crippen MR) is 131 cm³/mol. The van der Waals surface area contributed by atoms with E-state index in [4.69, 9.17) is 0 Å². The van der Waals surface area contributed by atoms with E-state index in [2.05, 4.69) is 47.4 Å². The molecule has 0 saturated carbocycles. The maximum atomic E-state index is 12.8. The fourth-order valence-electron chi connectivity index (χ4n) is 4.10. The van der Waals surface area contributed by atoms with E-state index in [0.29, 0.717) is 12.1 Å². The average molecular weight is 513 g/mol. The number of para-hydroxylation sites is 1. The standard InChI is InChI=1S/C22H35N5O.HI/c1-4-23-22(25-19-11-14-26(15-12-19)17(2)3)24-16-21(28)27-13-7-9-18-8-5-6-10-20(18)27;/h5-6,8,10,17,19H,4,7,9,11-16H2,1-3H3,(H2,23,24,25);1H. The summed E-state index contributed by atoms with van der Waals surface area (Å²) >= 11 is 0. The number of guanidine groups is 1. The van der Waals surface area contributed by atoms with Crippen molar-refractivity contribution in [3.05, 3.63) is 29.8 Å². The molecule has 7 heteroatoms. The summed E-state index contributed by atoms with van der Waals surface area (Å²) in [6, 6.07) is 9.23. The summed E-state index contributed by atoms with van der Waals surface area (Å²) in [4.78, 5) is 21.8. The number of benzene rings is 1. The summed E-state index contributed by atoms with van der Waals surface area (Å²) in [5.41, 5.74) is 2.31. The first-order valence-electron chi connectivity index (χ1n) is 10.8. The molecule has 29 heavy (non-hydrogen) atoms. The van der Waals surface area contributed by atoms with Crippen molar-refractivity contribution in [2.75, 3.05) is 37.6 Å². The summed E-state index contributed by atoms with van der Waals surface area (Å²) in [7, 11) is 0. The first-order chi connectivity index (χ1) is 13.6. The van der Waals surface area contributed by atoms with E-state index in [1.807, 2.05) is 23.1 Å². The Morgan fingerprint density at radius 1 is 1.21 bits per heavy atom. The van der Waals surface area contributed by atoms with Gasteiger partial charge in [0.15, 0.2) is 5.96 Å². The minimum Gasteiger partial charge on any atom is -0.357 e. The number of rotatable bonds is 5. The van der Waals surface area contributed by atoms with Crippen LogP contribution in [-0.4, -0.2) is 61.6 Å². The molecule has 3 rings (SSSR count). The Hall–Kier alpha value is -1.35. The lowest BCUT2D eigenvalue weighted by Crippen LogP contribution is -2.50. The average Bonchev–Trinajstić information content (AvgIpc) is 2.72. The van der Waals surface area contributed by atoms with Crippen molar-refractivity contribution in [2.24, 2.45) is 4.99 Å². The van der Waals surface area contributed by atoms with Crippen LogP contribution in [0.3, 0.4) is 0 Å². The molecule has 2 aliphatic heterocycles. The van der Waals surface area contributed by atoms with Crippen LogP contribution in [0.25, 0.3) is 0 Å². The van der Waals surface area contributed by atoms with E-state index in [-0.39, 0.29) is 36.4 Å². The monoisotopic (exact) mass is 513 g/mol. The van der Waals surface area contributed by atoms with Crippen LogP contribution in [0, 0.1) is 0 Å². The van der Waals surface area contributed by atoms with Gasteiger partial charge in [-0.1, -0.05) is 18.2 Å². The largest absolute Gasteiger partial charge is 0.357 e. The number of likely N-dealkylation sites (tertiary alicyclic amines) is 1. The van der Waals surface area contributed by atoms with Crippen molar-refractivity contribution in [1.82, 2.24) is 15.5 Å². The molecule has 0 aromatic heterocycles. The van der Waals surface area contributed by atoms with Gasteiger partial charge in [0.2, 0.25) is 5.91 Å². The topological polar surface area (TPSA) is 60.0 Å². The van der Waals surface area contributed by atoms with Gasteiger partial charge in [0.05, 0.1) is 0 Å². The van der Waals surface area contributed by atoms with Crippen LogP contribution in [0.2, 0.25) is 0 Å². The van der Waals surface area contributed by atoms with Crippen LogP contribution in [0.5, 0.6) is 0 Å². The number of aliphatic imine (C=N–C) groups is 1. The Kier molecular flexibility index (Phi) is 9.68. The summed E-state index contributed by atoms with van der Waals surface area (Å²) in [5, 5.41) is 6.83. The summed E-state index contributed by atoms with van der Waals surface area (Å²) in [6.45, 7) is 10.5. The van der Waals surface area contributed by atoms with Gasteiger partial charge >= 0.3 is 0 Å². The van der Waals surface area contributed by atoms with Crippen molar-refractivity contribution in [2.45, 2.75) is 58.5 Å². The van der Waals surface area contributed by atoms with E-state index in [1.54, 1.807) is 0 Å². The highest BCUT2D eigenvalue weighted by Gasteiger charge is 2.23. The molecule has 0 bridgehead atoms. The van der Waals surface area contributed by atoms with Gasteiger partial charge in [-0.15, -0.1) is 24.0 Å². The zero-order valence-electron chi connectivity index (χ0n) is 18.0. The molecule has 0 radical (unpaired) electrons. The number of hydrogen-bond acceptors (Lipinski definition) is 3. The number of hydrogen-bond donors (Lipinski definition) is 2. The molecule has 0 aliphatic carbocycles. The minimum absolute atomic E-state index is 0. The van der Waals surface area contributed by atoms with Crippen LogP contribution < -0.4 is 15.5 Å². The van der Waals surface area contributed by atoms with Crippen molar-refractivity contribution >= 4 is 41.5 Å². The molecule has 0 spiro atoms. The lowest BCUT2D eigenvalue weighted by atomic mass is 10.0. The summed E-state index contributed by atoms with van der Waals surface area (Å²) in [6.07, 6.45) is 4.27. The van der Waals surface area contributed by atoms with Crippen molar-refractivity contribution in [1.29, 1.82) is 0 Å². The second kappa shape index (κ2) is 11.7. The third-order valence-electron chi connectivity index (χ3n) is 5.73. The zero-order valence-corrected chi connectivity index (χ0v) is 20.3. The highest BCUT2D eigenvalue weighted by molar-refractivity contribution is 14.0. The molecule has 0 unspecified atom stereocenters. The second-order valence-electron chi connectivity index (χ2n) is 8.02. The van der Waals surface area contributed by atoms with Gasteiger partial charge in [0, 0.05) is 44.0 Å². The number of nitrogens with zero attached hydrogens (tertiary/aromatic N) is 3. The van der Waals surface area contributed by atoms with Gasteiger partial charge in [-0.25, -0.2) is 4.99 Å². The van der Waals surface area contributed by atoms with E-state index < -0.39 is 0 Å². The van der Waals surface area contributed by atoms with Gasteiger partial charge in [-0.3, -0.25) is 4.79 Å². The van der Waals surface area contributed by atoms with Gasteiger partial charge in [0.25, 0.3) is 0 Å². The number of nitrogens with one attached hydrogen (secondary N) is 2. The van der Waals surface area contributed by atoms with Crippen molar-refractivity contribution < 1.29 is 4.79 Å². The number of aryl methyl sites for hydroxylation is 1. The van der Waals surface area contributed by atoms with E-state index >= 15 is 0 Å². The van der Waals surface area contributed by atoms with E-state index in [0.717, 1.165) is 63.5 Å². The number of anilines is 1. The van der Waals surface area contributed by atoms with E-state index in [1.165, 1.54) is 5.56 Å². The Bertz CT molecular complexity index is 686. The Labute approximate surface area is 192 Å². The number of halogens is 1. The Balaban J connectivity index is 0.00000300. The third kappa shape index (κ3) is 6.57.